The van der Waals surface area contributed by atoms with Gasteiger partial charge in [-0.3, -0.25) is 14.4 Å². The molecule has 0 bridgehead atoms. The Kier molecular flexibility index (Phi) is 9.81. The van der Waals surface area contributed by atoms with Crippen LogP contribution in [0.25, 0.3) is 0 Å². The lowest BCUT2D eigenvalue weighted by Gasteiger charge is -2.12. The van der Waals surface area contributed by atoms with Gasteiger partial charge in [-0.1, -0.05) is 6.58 Å². The van der Waals surface area contributed by atoms with Crippen molar-refractivity contribution < 1.29 is 38.9 Å². The average Bonchev–Trinajstić information content (AvgIpc) is 2.68. The SMILES string of the molecule is C=C1CC(=O)O1.CC(=O)CC(=O)Nc1ccc(C(=O)O)cc1.Nc1ccc(C(=O)O)cc1. The van der Waals surface area contributed by atoms with Gasteiger partial charge in [0.1, 0.15) is 18.0 Å². The van der Waals surface area contributed by atoms with Gasteiger partial charge < -0.3 is 26.0 Å². The third-order valence-electron chi connectivity index (χ3n) is 3.58. The molecule has 1 saturated heterocycles. The Bertz CT molecular complexity index is 989. The van der Waals surface area contributed by atoms with Crippen LogP contribution in [-0.2, 0) is 19.1 Å². The fourth-order valence-corrected chi connectivity index (χ4v) is 2.07. The fraction of sp³-hybridized carbons (Fsp3) is 0.136. The first-order valence-electron chi connectivity index (χ1n) is 9.08. The summed E-state index contributed by atoms with van der Waals surface area (Å²) in [6.07, 6.45) is 0.237. The molecule has 0 atom stereocenters. The van der Waals surface area contributed by atoms with Crippen molar-refractivity contribution in [1.82, 2.24) is 0 Å². The number of benzene rings is 2. The Morgan fingerprint density at radius 3 is 1.72 bits per heavy atom. The predicted octanol–water partition coefficient (Wildman–Crippen LogP) is 2.72. The summed E-state index contributed by atoms with van der Waals surface area (Å²) in [5, 5.41) is 19.6. The molecule has 2 aromatic carbocycles. The lowest BCUT2D eigenvalue weighted by molar-refractivity contribution is -0.148. The second-order valence-electron chi connectivity index (χ2n) is 6.43. The van der Waals surface area contributed by atoms with Crippen molar-refractivity contribution in [2.75, 3.05) is 11.1 Å². The van der Waals surface area contributed by atoms with E-state index < -0.39 is 17.8 Å². The lowest BCUT2D eigenvalue weighted by Crippen LogP contribution is -2.15. The molecule has 0 spiro atoms. The summed E-state index contributed by atoms with van der Waals surface area (Å²) < 4.78 is 4.31. The molecule has 1 heterocycles. The van der Waals surface area contributed by atoms with Crippen molar-refractivity contribution in [3.8, 4) is 0 Å². The molecule has 1 aliphatic rings. The highest BCUT2D eigenvalue weighted by molar-refractivity contribution is 6.03. The first-order chi connectivity index (χ1) is 15.0. The highest BCUT2D eigenvalue weighted by Gasteiger charge is 2.17. The topological polar surface area (TPSA) is 173 Å². The van der Waals surface area contributed by atoms with Crippen molar-refractivity contribution in [2.45, 2.75) is 19.8 Å². The number of ether oxygens (including phenoxy) is 1. The minimum atomic E-state index is -1.03. The van der Waals surface area contributed by atoms with E-state index in [1.807, 2.05) is 0 Å². The van der Waals surface area contributed by atoms with E-state index in [4.69, 9.17) is 15.9 Å². The first-order valence-corrected chi connectivity index (χ1v) is 9.08. The predicted molar refractivity (Wildman–Crippen MR) is 115 cm³/mol. The number of anilines is 2. The van der Waals surface area contributed by atoms with Crippen molar-refractivity contribution in [2.24, 2.45) is 0 Å². The molecule has 0 saturated carbocycles. The zero-order valence-corrected chi connectivity index (χ0v) is 17.2. The van der Waals surface area contributed by atoms with Gasteiger partial charge in [0.05, 0.1) is 17.5 Å². The van der Waals surface area contributed by atoms with Crippen LogP contribution in [0.15, 0.2) is 60.9 Å². The quantitative estimate of drug-likeness (QED) is 0.308. The van der Waals surface area contributed by atoms with Crippen LogP contribution in [0.3, 0.4) is 0 Å². The van der Waals surface area contributed by atoms with E-state index in [1.165, 1.54) is 43.3 Å². The van der Waals surface area contributed by atoms with Crippen LogP contribution < -0.4 is 11.1 Å². The average molecular weight is 442 g/mol. The molecule has 10 heteroatoms. The fourth-order valence-electron chi connectivity index (χ4n) is 2.07. The number of aromatic carboxylic acids is 2. The van der Waals surface area contributed by atoms with Gasteiger partial charge in [-0.2, -0.15) is 0 Å². The van der Waals surface area contributed by atoms with Gasteiger partial charge >= 0.3 is 17.9 Å². The maximum absolute atomic E-state index is 11.2. The summed E-state index contributed by atoms with van der Waals surface area (Å²) in [4.78, 5) is 52.5. The number of carboxylic acids is 2. The number of amides is 1. The first kappa shape index (κ1) is 25.6. The number of carbonyl (C=O) groups is 5. The largest absolute Gasteiger partial charge is 0.478 e. The number of rotatable bonds is 5. The lowest BCUT2D eigenvalue weighted by atomic mass is 10.2. The Morgan fingerprint density at radius 1 is 0.969 bits per heavy atom. The van der Waals surface area contributed by atoms with Gasteiger partial charge in [-0.05, 0) is 55.5 Å². The Balaban J connectivity index is 0.000000270. The van der Waals surface area contributed by atoms with E-state index in [0.29, 0.717) is 23.6 Å². The Morgan fingerprint density at radius 2 is 1.41 bits per heavy atom. The van der Waals surface area contributed by atoms with Crippen LogP contribution in [0.2, 0.25) is 0 Å². The Labute approximate surface area is 183 Å². The summed E-state index contributed by atoms with van der Waals surface area (Å²) in [5.74, 6) is -2.17. The maximum Gasteiger partial charge on any atom is 0.335 e. The number of carboxylic acid groups (broad SMARTS) is 2. The van der Waals surface area contributed by atoms with Crippen LogP contribution in [-0.4, -0.2) is 39.8 Å². The highest BCUT2D eigenvalue weighted by atomic mass is 16.6. The molecule has 1 aliphatic heterocycles. The molecular weight excluding hydrogens is 420 g/mol. The van der Waals surface area contributed by atoms with Crippen LogP contribution >= 0.6 is 0 Å². The molecule has 5 N–H and O–H groups in total. The van der Waals surface area contributed by atoms with Gasteiger partial charge in [-0.25, -0.2) is 9.59 Å². The molecule has 1 fully saturated rings. The molecule has 2 aromatic rings. The van der Waals surface area contributed by atoms with Gasteiger partial charge in [-0.15, -0.1) is 0 Å². The minimum Gasteiger partial charge on any atom is -0.478 e. The number of hydrogen-bond acceptors (Lipinski definition) is 7. The van der Waals surface area contributed by atoms with Crippen LogP contribution in [0, 0.1) is 0 Å². The molecule has 10 nitrogen and oxygen atoms in total. The number of cyclic esters (lactones) is 1. The summed E-state index contributed by atoms with van der Waals surface area (Å²) in [5.41, 5.74) is 6.78. The molecule has 0 aromatic heterocycles. The molecule has 3 rings (SSSR count). The standard InChI is InChI=1S/C11H11NO4.C7H7NO2.C4H4O2/c1-7(13)6-10(14)12-9-4-2-8(3-5-9)11(15)16;8-6-3-1-5(2-4-6)7(9)10;1-3-2-4(5)6-3/h2-5H,6H2,1H3,(H,12,14)(H,15,16);1-4H,8H2,(H,9,10);1-2H2. The minimum absolute atomic E-state index is 0.143. The monoisotopic (exact) mass is 442 g/mol. The smallest absolute Gasteiger partial charge is 0.335 e. The number of ketones is 1. The van der Waals surface area contributed by atoms with Gasteiger partial charge in [0.25, 0.3) is 0 Å². The number of nitrogen functional groups attached to an aromatic ring is 1. The van der Waals surface area contributed by atoms with E-state index in [0.717, 1.165) is 0 Å². The van der Waals surface area contributed by atoms with Crippen LogP contribution in [0.4, 0.5) is 11.4 Å². The normalized spacial score (nSPS) is 11.3. The zero-order valence-electron chi connectivity index (χ0n) is 17.2. The van der Waals surface area contributed by atoms with E-state index in [9.17, 15) is 24.0 Å². The number of Topliss-reactive ketones (excluding diaryl/α,β-unsaturated/α-hetero) is 1. The zero-order chi connectivity index (χ0) is 24.3. The second kappa shape index (κ2) is 12.3. The third kappa shape index (κ3) is 9.83. The third-order valence-corrected chi connectivity index (χ3v) is 3.58. The van der Waals surface area contributed by atoms with E-state index in [-0.39, 0.29) is 29.3 Å². The Hall–Kier alpha value is -4.47. The highest BCUT2D eigenvalue weighted by Crippen LogP contribution is 2.13. The molecule has 0 radical (unpaired) electrons. The van der Waals surface area contributed by atoms with E-state index in [2.05, 4.69) is 16.6 Å². The number of nitrogens with one attached hydrogen (secondary N) is 1. The number of esters is 1. The molecule has 168 valence electrons. The molecule has 0 aliphatic carbocycles. The van der Waals surface area contributed by atoms with Crippen molar-refractivity contribution in [1.29, 1.82) is 0 Å². The summed E-state index contributed by atoms with van der Waals surface area (Å²) >= 11 is 0. The maximum atomic E-state index is 11.2. The second-order valence-corrected chi connectivity index (χ2v) is 6.43. The summed E-state index contributed by atoms with van der Waals surface area (Å²) in [6.45, 7) is 4.69. The van der Waals surface area contributed by atoms with Crippen molar-refractivity contribution >= 4 is 41.0 Å². The summed E-state index contributed by atoms with van der Waals surface area (Å²) in [6, 6.07) is 11.8. The van der Waals surface area contributed by atoms with Gasteiger partial charge in [0, 0.05) is 11.4 Å². The van der Waals surface area contributed by atoms with E-state index >= 15 is 0 Å². The number of carbonyl (C=O) groups excluding carboxylic acids is 3. The summed E-state index contributed by atoms with van der Waals surface area (Å²) in [7, 11) is 0. The number of hydrogen-bond donors (Lipinski definition) is 4. The van der Waals surface area contributed by atoms with Crippen LogP contribution in [0.1, 0.15) is 40.5 Å². The van der Waals surface area contributed by atoms with Crippen molar-refractivity contribution in [3.05, 3.63) is 72.0 Å². The molecule has 32 heavy (non-hydrogen) atoms. The van der Waals surface area contributed by atoms with Crippen molar-refractivity contribution in [3.63, 3.8) is 0 Å². The number of nitrogens with two attached hydrogens (primary N) is 1. The van der Waals surface area contributed by atoms with E-state index in [1.54, 1.807) is 12.1 Å². The molecule has 1 amide bonds. The van der Waals surface area contributed by atoms with Gasteiger partial charge in [0.15, 0.2) is 0 Å². The van der Waals surface area contributed by atoms with Gasteiger partial charge in [0.2, 0.25) is 5.91 Å². The van der Waals surface area contributed by atoms with Crippen LogP contribution in [0.5, 0.6) is 0 Å². The molecular formula is C22H22N2O8. The molecule has 0 unspecified atom stereocenters.